The van der Waals surface area contributed by atoms with Gasteiger partial charge in [-0.2, -0.15) is 0 Å². The minimum absolute atomic E-state index is 0.0604. The van der Waals surface area contributed by atoms with Crippen molar-refractivity contribution in [1.29, 1.82) is 0 Å². The second-order valence-electron chi connectivity index (χ2n) is 6.79. The Morgan fingerprint density at radius 2 is 1.87 bits per heavy atom. The minimum Gasteiger partial charge on any atom is -0.481 e. The van der Waals surface area contributed by atoms with Crippen molar-refractivity contribution in [3.63, 3.8) is 0 Å². The first-order valence-corrected chi connectivity index (χ1v) is 7.83. The van der Waals surface area contributed by atoms with Gasteiger partial charge in [0, 0.05) is 36.8 Å². The Morgan fingerprint density at radius 3 is 2.35 bits per heavy atom. The lowest BCUT2D eigenvalue weighted by Gasteiger charge is -2.31. The Balaban J connectivity index is 1.88. The largest absolute Gasteiger partial charge is 0.481 e. The van der Waals surface area contributed by atoms with Crippen LogP contribution in [0.2, 0.25) is 0 Å². The van der Waals surface area contributed by atoms with E-state index in [1.54, 1.807) is 30.5 Å². The summed E-state index contributed by atoms with van der Waals surface area (Å²) in [6.07, 6.45) is 2.89. The van der Waals surface area contributed by atoms with Crippen molar-refractivity contribution in [2.45, 2.75) is 33.6 Å². The standard InChI is InChI=1S/C17H24N2O4/c1-17(2,3)16(21)23-19-9-7-12(8-10-19)15(20)13-5-6-14(22-4)18-11-13/h5-6,11-12H,7-10H2,1-4H3. The van der Waals surface area contributed by atoms with E-state index in [-0.39, 0.29) is 17.7 Å². The molecule has 0 spiro atoms. The number of hydrogen-bond acceptors (Lipinski definition) is 6. The van der Waals surface area contributed by atoms with E-state index in [0.29, 0.717) is 37.4 Å². The lowest BCUT2D eigenvalue weighted by atomic mass is 9.90. The molecule has 0 bridgehead atoms. The quantitative estimate of drug-likeness (QED) is 0.794. The number of hydrogen-bond donors (Lipinski definition) is 0. The van der Waals surface area contributed by atoms with E-state index in [1.807, 2.05) is 20.8 Å². The molecule has 6 heteroatoms. The monoisotopic (exact) mass is 320 g/mol. The fourth-order valence-electron chi connectivity index (χ4n) is 2.35. The predicted molar refractivity (Wildman–Crippen MR) is 85.0 cm³/mol. The molecule has 0 amide bonds. The summed E-state index contributed by atoms with van der Waals surface area (Å²) in [5, 5.41) is 1.66. The number of ether oxygens (including phenoxy) is 1. The first kappa shape index (κ1) is 17.4. The molecule has 2 rings (SSSR count). The van der Waals surface area contributed by atoms with Crippen molar-refractivity contribution in [3.05, 3.63) is 23.9 Å². The molecule has 1 saturated heterocycles. The molecule has 1 aliphatic rings. The van der Waals surface area contributed by atoms with Gasteiger partial charge in [-0.15, -0.1) is 5.06 Å². The minimum atomic E-state index is -0.526. The van der Waals surface area contributed by atoms with Crippen molar-refractivity contribution in [2.75, 3.05) is 20.2 Å². The number of carbonyl (C=O) groups excluding carboxylic acids is 2. The van der Waals surface area contributed by atoms with Crippen LogP contribution in [0.4, 0.5) is 0 Å². The summed E-state index contributed by atoms with van der Waals surface area (Å²) in [5.41, 5.74) is 0.0671. The Hall–Kier alpha value is -1.95. The number of Topliss-reactive ketones (excluding diaryl/α,β-unsaturated/α-hetero) is 1. The Morgan fingerprint density at radius 1 is 1.22 bits per heavy atom. The molecule has 0 N–H and O–H groups in total. The van der Waals surface area contributed by atoms with Gasteiger partial charge in [-0.3, -0.25) is 4.79 Å². The number of carbonyl (C=O) groups is 2. The molecule has 1 fully saturated rings. The summed E-state index contributed by atoms with van der Waals surface area (Å²) in [7, 11) is 1.54. The maximum absolute atomic E-state index is 12.5. The third-order valence-electron chi connectivity index (χ3n) is 3.88. The molecular formula is C17H24N2O4. The molecule has 1 aromatic rings. The van der Waals surface area contributed by atoms with Crippen LogP contribution in [-0.2, 0) is 9.63 Å². The molecule has 23 heavy (non-hydrogen) atoms. The van der Waals surface area contributed by atoms with Crippen LogP contribution in [-0.4, -0.2) is 42.0 Å². The zero-order chi connectivity index (χ0) is 17.0. The summed E-state index contributed by atoms with van der Waals surface area (Å²) in [6.45, 7) is 6.61. The van der Waals surface area contributed by atoms with Crippen LogP contribution in [0, 0.1) is 11.3 Å². The van der Waals surface area contributed by atoms with Gasteiger partial charge in [-0.25, -0.2) is 9.78 Å². The van der Waals surface area contributed by atoms with Crippen LogP contribution in [0.3, 0.4) is 0 Å². The van der Waals surface area contributed by atoms with Crippen molar-refractivity contribution < 1.29 is 19.2 Å². The van der Waals surface area contributed by atoms with Crippen LogP contribution in [0.15, 0.2) is 18.3 Å². The van der Waals surface area contributed by atoms with E-state index in [4.69, 9.17) is 9.57 Å². The van der Waals surface area contributed by atoms with Gasteiger partial charge in [-0.1, -0.05) is 0 Å². The number of hydroxylamine groups is 2. The summed E-state index contributed by atoms with van der Waals surface area (Å²) < 4.78 is 5.00. The molecular weight excluding hydrogens is 296 g/mol. The van der Waals surface area contributed by atoms with Crippen molar-refractivity contribution >= 4 is 11.8 Å². The first-order valence-electron chi connectivity index (χ1n) is 7.83. The van der Waals surface area contributed by atoms with E-state index < -0.39 is 5.41 Å². The van der Waals surface area contributed by atoms with E-state index in [1.165, 1.54) is 0 Å². The SMILES string of the molecule is COc1ccc(C(=O)C2CCN(OC(=O)C(C)(C)C)CC2)cn1. The number of ketones is 1. The second-order valence-corrected chi connectivity index (χ2v) is 6.79. The third kappa shape index (κ3) is 4.51. The van der Waals surface area contributed by atoms with Crippen LogP contribution in [0.1, 0.15) is 44.0 Å². The average molecular weight is 320 g/mol. The smallest absolute Gasteiger partial charge is 0.330 e. The van der Waals surface area contributed by atoms with Gasteiger partial charge in [0.05, 0.1) is 12.5 Å². The lowest BCUT2D eigenvalue weighted by molar-refractivity contribution is -0.205. The molecule has 0 aliphatic carbocycles. The lowest BCUT2D eigenvalue weighted by Crippen LogP contribution is -2.40. The van der Waals surface area contributed by atoms with Crippen LogP contribution in [0.5, 0.6) is 5.88 Å². The van der Waals surface area contributed by atoms with E-state index in [2.05, 4.69) is 4.98 Å². The summed E-state index contributed by atoms with van der Waals surface area (Å²) in [6, 6.07) is 3.42. The molecule has 0 saturated carbocycles. The average Bonchev–Trinajstić information content (AvgIpc) is 2.54. The Kier molecular flexibility index (Phi) is 5.36. The van der Waals surface area contributed by atoms with Crippen molar-refractivity contribution in [2.24, 2.45) is 11.3 Å². The van der Waals surface area contributed by atoms with Crippen LogP contribution < -0.4 is 4.74 Å². The summed E-state index contributed by atoms with van der Waals surface area (Å²) in [4.78, 5) is 33.8. The zero-order valence-corrected chi connectivity index (χ0v) is 14.2. The molecule has 6 nitrogen and oxygen atoms in total. The topological polar surface area (TPSA) is 68.7 Å². The van der Waals surface area contributed by atoms with Crippen LogP contribution in [0.25, 0.3) is 0 Å². The van der Waals surface area contributed by atoms with Gasteiger partial charge in [0.1, 0.15) is 0 Å². The number of nitrogens with zero attached hydrogens (tertiary/aromatic N) is 2. The number of methoxy groups -OCH3 is 1. The summed E-state index contributed by atoms with van der Waals surface area (Å²) in [5.74, 6) is 0.267. The van der Waals surface area contributed by atoms with Gasteiger partial charge in [-0.05, 0) is 39.7 Å². The highest BCUT2D eigenvalue weighted by molar-refractivity contribution is 5.97. The van der Waals surface area contributed by atoms with Crippen LogP contribution >= 0.6 is 0 Å². The highest BCUT2D eigenvalue weighted by Gasteiger charge is 2.30. The van der Waals surface area contributed by atoms with Crippen molar-refractivity contribution in [1.82, 2.24) is 10.0 Å². The zero-order valence-electron chi connectivity index (χ0n) is 14.2. The van der Waals surface area contributed by atoms with Gasteiger partial charge in [0.2, 0.25) is 5.88 Å². The fraction of sp³-hybridized carbons (Fsp3) is 0.588. The molecule has 0 aromatic carbocycles. The molecule has 0 radical (unpaired) electrons. The summed E-state index contributed by atoms with van der Waals surface area (Å²) >= 11 is 0. The number of pyridine rings is 1. The van der Waals surface area contributed by atoms with Gasteiger partial charge >= 0.3 is 5.97 Å². The maximum Gasteiger partial charge on any atom is 0.330 e. The highest BCUT2D eigenvalue weighted by Crippen LogP contribution is 2.24. The van der Waals surface area contributed by atoms with Crippen molar-refractivity contribution in [3.8, 4) is 5.88 Å². The van der Waals surface area contributed by atoms with E-state index in [0.717, 1.165) is 0 Å². The van der Waals surface area contributed by atoms with E-state index >= 15 is 0 Å². The molecule has 0 atom stereocenters. The molecule has 2 heterocycles. The van der Waals surface area contributed by atoms with E-state index in [9.17, 15) is 9.59 Å². The predicted octanol–water partition coefficient (Wildman–Crippen LogP) is 2.49. The number of aromatic nitrogens is 1. The normalized spacial score (nSPS) is 16.9. The van der Waals surface area contributed by atoms with Gasteiger partial charge in [0.25, 0.3) is 0 Å². The second kappa shape index (κ2) is 7.08. The molecule has 126 valence electrons. The molecule has 0 unspecified atom stereocenters. The maximum atomic E-state index is 12.5. The Labute approximate surface area is 136 Å². The first-order chi connectivity index (χ1) is 10.8. The highest BCUT2D eigenvalue weighted by atomic mass is 16.7. The molecule has 1 aromatic heterocycles. The number of rotatable bonds is 4. The van der Waals surface area contributed by atoms with Gasteiger partial charge < -0.3 is 9.57 Å². The third-order valence-corrected chi connectivity index (χ3v) is 3.88. The number of piperidine rings is 1. The fourth-order valence-corrected chi connectivity index (χ4v) is 2.35. The molecule has 1 aliphatic heterocycles. The van der Waals surface area contributed by atoms with Gasteiger partial charge in [0.15, 0.2) is 5.78 Å². The Bertz CT molecular complexity index is 555.